The number of aryl methyl sites for hydroxylation is 1. The summed E-state index contributed by atoms with van der Waals surface area (Å²) in [5.74, 6) is 1.72. The molecule has 0 aliphatic heterocycles. The van der Waals surface area contributed by atoms with E-state index >= 15 is 0 Å². The van der Waals surface area contributed by atoms with Crippen molar-refractivity contribution in [2.45, 2.75) is 24.8 Å². The van der Waals surface area contributed by atoms with Crippen LogP contribution in [0, 0.1) is 0 Å². The van der Waals surface area contributed by atoms with Gasteiger partial charge in [-0.3, -0.25) is 4.79 Å². The van der Waals surface area contributed by atoms with E-state index in [2.05, 4.69) is 17.4 Å². The van der Waals surface area contributed by atoms with Crippen molar-refractivity contribution < 1.29 is 19.0 Å². The summed E-state index contributed by atoms with van der Waals surface area (Å²) in [5.41, 5.74) is 3.85. The first-order valence-corrected chi connectivity index (χ1v) is 12.4. The van der Waals surface area contributed by atoms with E-state index < -0.39 is 6.04 Å². The maximum atomic E-state index is 14.1. The van der Waals surface area contributed by atoms with E-state index in [0.717, 1.165) is 28.9 Å². The fourth-order valence-electron chi connectivity index (χ4n) is 4.62. The number of hydrogen-bond donors (Lipinski definition) is 1. The van der Waals surface area contributed by atoms with Gasteiger partial charge < -0.3 is 19.5 Å². The molecule has 0 saturated carbocycles. The Bertz CT molecular complexity index is 1240. The number of para-hydroxylation sites is 2. The van der Waals surface area contributed by atoms with E-state index in [0.29, 0.717) is 17.9 Å². The SMILES string of the molecule is COc1ccc([C@@H](CCc2ccccc2)C(=O)NC(c2ccccc2OC)c2ccccc2OC)cc1. The van der Waals surface area contributed by atoms with Gasteiger partial charge in [-0.1, -0.05) is 78.9 Å². The van der Waals surface area contributed by atoms with Gasteiger partial charge in [0.25, 0.3) is 0 Å². The monoisotopic (exact) mass is 495 g/mol. The van der Waals surface area contributed by atoms with Crippen LogP contribution in [-0.2, 0) is 11.2 Å². The second-order valence-corrected chi connectivity index (χ2v) is 8.78. The molecule has 5 nitrogen and oxygen atoms in total. The summed E-state index contributed by atoms with van der Waals surface area (Å²) in [6, 6.07) is 33.0. The fraction of sp³-hybridized carbons (Fsp3) is 0.219. The Morgan fingerprint density at radius 2 is 1.22 bits per heavy atom. The van der Waals surface area contributed by atoms with Crippen molar-refractivity contribution in [2.24, 2.45) is 0 Å². The van der Waals surface area contributed by atoms with Crippen molar-refractivity contribution in [1.29, 1.82) is 0 Å². The highest BCUT2D eigenvalue weighted by molar-refractivity contribution is 5.84. The Hall–Kier alpha value is -4.25. The zero-order valence-corrected chi connectivity index (χ0v) is 21.5. The van der Waals surface area contributed by atoms with Crippen LogP contribution in [0.4, 0.5) is 0 Å². The second-order valence-electron chi connectivity index (χ2n) is 8.78. The normalized spacial score (nSPS) is 11.6. The van der Waals surface area contributed by atoms with Crippen LogP contribution in [0.3, 0.4) is 0 Å². The summed E-state index contributed by atoms with van der Waals surface area (Å²) in [5, 5.41) is 3.33. The van der Waals surface area contributed by atoms with Gasteiger partial charge in [0.1, 0.15) is 17.2 Å². The maximum absolute atomic E-state index is 14.1. The smallest absolute Gasteiger partial charge is 0.228 e. The van der Waals surface area contributed by atoms with E-state index in [1.54, 1.807) is 21.3 Å². The number of hydrogen-bond acceptors (Lipinski definition) is 4. The zero-order chi connectivity index (χ0) is 26.0. The molecule has 0 spiro atoms. The predicted molar refractivity (Wildman–Crippen MR) is 146 cm³/mol. The number of carbonyl (C=O) groups is 1. The molecule has 0 bridgehead atoms. The molecule has 0 aliphatic carbocycles. The first-order chi connectivity index (χ1) is 18.1. The van der Waals surface area contributed by atoms with Crippen LogP contribution >= 0.6 is 0 Å². The molecule has 0 unspecified atom stereocenters. The third-order valence-electron chi connectivity index (χ3n) is 6.59. The van der Waals surface area contributed by atoms with Gasteiger partial charge in [-0.25, -0.2) is 0 Å². The molecule has 4 rings (SSSR count). The molecule has 1 amide bonds. The molecule has 0 radical (unpaired) electrons. The van der Waals surface area contributed by atoms with Gasteiger partial charge in [-0.15, -0.1) is 0 Å². The van der Waals surface area contributed by atoms with Gasteiger partial charge in [-0.05, 0) is 48.2 Å². The molecule has 0 heterocycles. The van der Waals surface area contributed by atoms with E-state index in [9.17, 15) is 4.79 Å². The summed E-state index contributed by atoms with van der Waals surface area (Å²) in [6.07, 6.45) is 1.44. The number of ether oxygens (including phenoxy) is 3. The van der Waals surface area contributed by atoms with Crippen molar-refractivity contribution in [3.05, 3.63) is 125 Å². The molecule has 190 valence electrons. The lowest BCUT2D eigenvalue weighted by Gasteiger charge is -2.26. The third-order valence-corrected chi connectivity index (χ3v) is 6.59. The van der Waals surface area contributed by atoms with Crippen molar-refractivity contribution in [3.63, 3.8) is 0 Å². The van der Waals surface area contributed by atoms with Crippen LogP contribution in [-0.4, -0.2) is 27.2 Å². The molecule has 0 saturated heterocycles. The summed E-state index contributed by atoms with van der Waals surface area (Å²) in [4.78, 5) is 14.1. The van der Waals surface area contributed by atoms with Crippen molar-refractivity contribution in [1.82, 2.24) is 5.32 Å². The van der Waals surface area contributed by atoms with Gasteiger partial charge in [0, 0.05) is 11.1 Å². The molecule has 0 aromatic heterocycles. The number of amides is 1. The Balaban J connectivity index is 1.71. The van der Waals surface area contributed by atoms with Gasteiger partial charge in [0.15, 0.2) is 0 Å². The molecular formula is C32H33NO4. The molecule has 4 aromatic rings. The molecule has 0 fully saturated rings. The molecule has 5 heteroatoms. The van der Waals surface area contributed by atoms with E-state index in [1.165, 1.54) is 5.56 Å². The van der Waals surface area contributed by atoms with Gasteiger partial charge >= 0.3 is 0 Å². The lowest BCUT2D eigenvalue weighted by molar-refractivity contribution is -0.123. The van der Waals surface area contributed by atoms with Crippen LogP contribution in [0.15, 0.2) is 103 Å². The average molecular weight is 496 g/mol. The second kappa shape index (κ2) is 12.6. The minimum Gasteiger partial charge on any atom is -0.497 e. The average Bonchev–Trinajstić information content (AvgIpc) is 2.97. The Kier molecular flexibility index (Phi) is 8.82. The minimum absolute atomic E-state index is 0.0667. The van der Waals surface area contributed by atoms with Crippen molar-refractivity contribution >= 4 is 5.91 Å². The summed E-state index contributed by atoms with van der Waals surface area (Å²) >= 11 is 0. The Morgan fingerprint density at radius 1 is 0.676 bits per heavy atom. The van der Waals surface area contributed by atoms with Crippen LogP contribution in [0.5, 0.6) is 17.2 Å². The van der Waals surface area contributed by atoms with E-state index in [4.69, 9.17) is 14.2 Å². The predicted octanol–water partition coefficient (Wildman–Crippen LogP) is 6.33. The standard InChI is InChI=1S/C32H33NO4/c1-35-25-20-18-24(19-21-25)26(22-17-23-11-5-4-6-12-23)32(34)33-31(27-13-7-9-15-29(27)36-2)28-14-8-10-16-30(28)37-3/h4-16,18-21,26,31H,17,22H2,1-3H3,(H,33,34)/t26-/m1/s1. The van der Waals surface area contributed by atoms with Crippen molar-refractivity contribution in [3.8, 4) is 17.2 Å². The zero-order valence-electron chi connectivity index (χ0n) is 21.5. The summed E-state index contributed by atoms with van der Waals surface area (Å²) in [7, 11) is 4.92. The van der Waals surface area contributed by atoms with E-state index in [-0.39, 0.29) is 11.8 Å². The van der Waals surface area contributed by atoms with Crippen LogP contribution in [0.2, 0.25) is 0 Å². The number of rotatable bonds is 11. The Morgan fingerprint density at radius 3 is 1.76 bits per heavy atom. The number of benzene rings is 4. The molecule has 37 heavy (non-hydrogen) atoms. The van der Waals surface area contributed by atoms with E-state index in [1.807, 2.05) is 91.0 Å². The first-order valence-electron chi connectivity index (χ1n) is 12.4. The molecule has 1 N–H and O–H groups in total. The third kappa shape index (κ3) is 6.31. The van der Waals surface area contributed by atoms with Crippen molar-refractivity contribution in [2.75, 3.05) is 21.3 Å². The van der Waals surface area contributed by atoms with Crippen LogP contribution in [0.1, 0.15) is 40.6 Å². The lowest BCUT2D eigenvalue weighted by Crippen LogP contribution is -2.34. The molecular weight excluding hydrogens is 462 g/mol. The quantitative estimate of drug-likeness (QED) is 0.264. The molecule has 1 atom stereocenters. The van der Waals surface area contributed by atoms with Gasteiger partial charge in [-0.2, -0.15) is 0 Å². The van der Waals surface area contributed by atoms with Crippen LogP contribution < -0.4 is 19.5 Å². The minimum atomic E-state index is -0.461. The fourth-order valence-corrected chi connectivity index (χ4v) is 4.62. The Labute approximate surface area is 219 Å². The van der Waals surface area contributed by atoms with Gasteiger partial charge in [0.05, 0.1) is 33.3 Å². The maximum Gasteiger partial charge on any atom is 0.228 e. The number of carbonyl (C=O) groups excluding carboxylic acids is 1. The van der Waals surface area contributed by atoms with Crippen LogP contribution in [0.25, 0.3) is 0 Å². The van der Waals surface area contributed by atoms with Gasteiger partial charge in [0.2, 0.25) is 5.91 Å². The summed E-state index contributed by atoms with van der Waals surface area (Å²) < 4.78 is 16.7. The summed E-state index contributed by atoms with van der Waals surface area (Å²) in [6.45, 7) is 0. The number of nitrogens with one attached hydrogen (secondary N) is 1. The highest BCUT2D eigenvalue weighted by atomic mass is 16.5. The number of methoxy groups -OCH3 is 3. The largest absolute Gasteiger partial charge is 0.497 e. The molecule has 4 aromatic carbocycles. The highest BCUT2D eigenvalue weighted by Gasteiger charge is 2.28. The first kappa shape index (κ1) is 25.8. The molecule has 0 aliphatic rings. The topological polar surface area (TPSA) is 56.8 Å². The lowest BCUT2D eigenvalue weighted by atomic mass is 9.90. The highest BCUT2D eigenvalue weighted by Crippen LogP contribution is 2.36.